The van der Waals surface area contributed by atoms with E-state index in [1.165, 1.54) is 11.1 Å². The molecule has 1 saturated carbocycles. The number of carbonyl (C=O) groups is 1. The largest absolute Gasteiger partial charge is 0.334 e. The highest BCUT2D eigenvalue weighted by molar-refractivity contribution is 5.76. The molecule has 3 atom stereocenters. The van der Waals surface area contributed by atoms with Crippen LogP contribution in [0, 0.1) is 5.92 Å². The van der Waals surface area contributed by atoms with E-state index in [1.807, 2.05) is 11.1 Å². The van der Waals surface area contributed by atoms with Crippen molar-refractivity contribution in [1.29, 1.82) is 0 Å². The monoisotopic (exact) mass is 306 g/mol. The van der Waals surface area contributed by atoms with Crippen molar-refractivity contribution in [1.82, 2.24) is 20.2 Å². The second-order valence-electron chi connectivity index (χ2n) is 6.73. The van der Waals surface area contributed by atoms with E-state index in [1.54, 1.807) is 6.33 Å². The molecule has 1 fully saturated rings. The maximum Gasteiger partial charge on any atom is 0.317 e. The smallest absolute Gasteiger partial charge is 0.317 e. The van der Waals surface area contributed by atoms with Crippen LogP contribution in [0.2, 0.25) is 0 Å². The SMILES string of the molecule is O=C(N[C@@H]1[C@H]2Cc3ccccc3[C@H]21)N1CCc2ncncc2C1. The normalized spacial score (nSPS) is 27.0. The van der Waals surface area contributed by atoms with Crippen molar-refractivity contribution in [3.05, 3.63) is 59.2 Å². The Hall–Kier alpha value is -2.43. The summed E-state index contributed by atoms with van der Waals surface area (Å²) in [6.07, 6.45) is 5.31. The van der Waals surface area contributed by atoms with Gasteiger partial charge in [0, 0.05) is 36.7 Å². The van der Waals surface area contributed by atoms with Crippen molar-refractivity contribution in [2.75, 3.05) is 6.54 Å². The summed E-state index contributed by atoms with van der Waals surface area (Å²) in [5.41, 5.74) is 5.02. The van der Waals surface area contributed by atoms with Crippen molar-refractivity contribution in [3.63, 3.8) is 0 Å². The van der Waals surface area contributed by atoms with Crippen molar-refractivity contribution in [2.45, 2.75) is 31.3 Å². The molecule has 1 N–H and O–H groups in total. The lowest BCUT2D eigenvalue weighted by molar-refractivity contribution is 0.190. The summed E-state index contributed by atoms with van der Waals surface area (Å²) < 4.78 is 0. The summed E-state index contributed by atoms with van der Waals surface area (Å²) in [5, 5.41) is 3.24. The quantitative estimate of drug-likeness (QED) is 0.875. The average Bonchev–Trinajstić information content (AvgIpc) is 3.11. The molecule has 0 spiro atoms. The molecule has 0 saturated heterocycles. The van der Waals surface area contributed by atoms with E-state index in [9.17, 15) is 4.79 Å². The predicted molar refractivity (Wildman–Crippen MR) is 84.8 cm³/mol. The predicted octanol–water partition coefficient (Wildman–Crippen LogP) is 1.88. The topological polar surface area (TPSA) is 58.1 Å². The molecule has 5 nitrogen and oxygen atoms in total. The minimum Gasteiger partial charge on any atom is -0.334 e. The Bertz CT molecular complexity index is 790. The van der Waals surface area contributed by atoms with Crippen molar-refractivity contribution < 1.29 is 4.79 Å². The first-order valence-electron chi connectivity index (χ1n) is 8.22. The Morgan fingerprint density at radius 3 is 3.13 bits per heavy atom. The van der Waals surface area contributed by atoms with Gasteiger partial charge in [0.25, 0.3) is 0 Å². The van der Waals surface area contributed by atoms with Gasteiger partial charge in [0.05, 0.1) is 12.2 Å². The molecule has 2 heterocycles. The molecule has 1 aromatic heterocycles. The minimum absolute atomic E-state index is 0.0522. The van der Waals surface area contributed by atoms with Crippen molar-refractivity contribution in [2.24, 2.45) is 5.92 Å². The van der Waals surface area contributed by atoms with E-state index < -0.39 is 0 Å². The lowest BCUT2D eigenvalue weighted by Gasteiger charge is -2.28. The summed E-state index contributed by atoms with van der Waals surface area (Å²) >= 11 is 0. The Morgan fingerprint density at radius 2 is 2.17 bits per heavy atom. The van der Waals surface area contributed by atoms with E-state index >= 15 is 0 Å². The van der Waals surface area contributed by atoms with Gasteiger partial charge in [-0.25, -0.2) is 14.8 Å². The van der Waals surface area contributed by atoms with Crippen LogP contribution in [0.3, 0.4) is 0 Å². The number of aromatic nitrogens is 2. The molecule has 5 rings (SSSR count). The van der Waals surface area contributed by atoms with Crippen LogP contribution in [0.15, 0.2) is 36.8 Å². The standard InChI is InChI=1S/C18H18N4O/c23-18(22-6-5-15-12(9-22)8-19-10-20-15)21-17-14-7-11-3-1-2-4-13(11)16(14)17/h1-4,8,10,14,16-17H,5-7,9H2,(H,21,23)/t14-,16+,17+/m0/s1. The number of nitrogens with one attached hydrogen (secondary N) is 1. The van der Waals surface area contributed by atoms with Crippen LogP contribution in [0.5, 0.6) is 0 Å². The van der Waals surface area contributed by atoms with E-state index in [2.05, 4.69) is 39.6 Å². The lowest BCUT2D eigenvalue weighted by atomic mass is 10.1. The Morgan fingerprint density at radius 1 is 1.26 bits per heavy atom. The van der Waals surface area contributed by atoms with Crippen LogP contribution < -0.4 is 5.32 Å². The zero-order valence-corrected chi connectivity index (χ0v) is 12.8. The van der Waals surface area contributed by atoms with Gasteiger partial charge in [0.1, 0.15) is 6.33 Å². The summed E-state index contributed by atoms with van der Waals surface area (Å²) in [7, 11) is 0. The maximum atomic E-state index is 12.6. The number of urea groups is 1. The third-order valence-corrected chi connectivity index (χ3v) is 5.48. The summed E-state index contributed by atoms with van der Waals surface area (Å²) in [6, 6.07) is 8.98. The third kappa shape index (κ3) is 2.03. The van der Waals surface area contributed by atoms with Gasteiger partial charge in [0.15, 0.2) is 0 Å². The fraction of sp³-hybridized carbons (Fsp3) is 0.389. The number of amides is 2. The van der Waals surface area contributed by atoms with Crippen LogP contribution in [0.4, 0.5) is 4.79 Å². The fourth-order valence-electron chi connectivity index (χ4n) is 4.22. The molecule has 0 unspecified atom stereocenters. The molecule has 3 aliphatic rings. The minimum atomic E-state index is 0.0522. The van der Waals surface area contributed by atoms with E-state index in [0.29, 0.717) is 24.4 Å². The second-order valence-corrected chi connectivity index (χ2v) is 6.73. The molecule has 1 aromatic carbocycles. The number of fused-ring (bicyclic) bond motifs is 4. The molecule has 2 aromatic rings. The van der Waals surface area contributed by atoms with Gasteiger partial charge in [-0.05, 0) is 23.5 Å². The second kappa shape index (κ2) is 4.78. The van der Waals surface area contributed by atoms with Crippen LogP contribution in [-0.2, 0) is 19.4 Å². The highest BCUT2D eigenvalue weighted by Gasteiger charge is 2.56. The molecule has 23 heavy (non-hydrogen) atoms. The number of benzene rings is 1. The highest BCUT2D eigenvalue weighted by atomic mass is 16.2. The van der Waals surface area contributed by atoms with E-state index in [-0.39, 0.29) is 6.03 Å². The zero-order valence-electron chi connectivity index (χ0n) is 12.8. The zero-order chi connectivity index (χ0) is 15.4. The van der Waals surface area contributed by atoms with Gasteiger partial charge in [-0.1, -0.05) is 24.3 Å². The number of nitrogens with zero attached hydrogens (tertiary/aromatic N) is 3. The first-order chi connectivity index (χ1) is 11.3. The fourth-order valence-corrected chi connectivity index (χ4v) is 4.22. The number of rotatable bonds is 1. The summed E-state index contributed by atoms with van der Waals surface area (Å²) in [4.78, 5) is 22.8. The first-order valence-corrected chi connectivity index (χ1v) is 8.22. The summed E-state index contributed by atoms with van der Waals surface area (Å²) in [5.74, 6) is 1.12. The Balaban J connectivity index is 1.26. The molecular weight excluding hydrogens is 288 g/mol. The average molecular weight is 306 g/mol. The van der Waals surface area contributed by atoms with Crippen molar-refractivity contribution >= 4 is 6.03 Å². The molecule has 2 aliphatic carbocycles. The molecule has 0 radical (unpaired) electrons. The number of hydrogen-bond donors (Lipinski definition) is 1. The third-order valence-electron chi connectivity index (χ3n) is 5.48. The Labute approximate surface area is 134 Å². The molecule has 2 amide bonds. The van der Waals surface area contributed by atoms with E-state index in [4.69, 9.17) is 0 Å². The van der Waals surface area contributed by atoms with Gasteiger partial charge >= 0.3 is 6.03 Å². The highest BCUT2D eigenvalue weighted by Crippen LogP contribution is 2.56. The molecule has 0 bridgehead atoms. The van der Waals surface area contributed by atoms with Crippen LogP contribution in [-0.4, -0.2) is 33.5 Å². The van der Waals surface area contributed by atoms with E-state index in [0.717, 1.165) is 30.6 Å². The van der Waals surface area contributed by atoms with Crippen LogP contribution >= 0.6 is 0 Å². The Kier molecular flexibility index (Phi) is 2.71. The van der Waals surface area contributed by atoms with Gasteiger partial charge in [-0.2, -0.15) is 0 Å². The van der Waals surface area contributed by atoms with Gasteiger partial charge in [0.2, 0.25) is 0 Å². The molecule has 5 heteroatoms. The molecule has 1 aliphatic heterocycles. The van der Waals surface area contributed by atoms with Crippen LogP contribution in [0.1, 0.15) is 28.3 Å². The van der Waals surface area contributed by atoms with Crippen molar-refractivity contribution in [3.8, 4) is 0 Å². The van der Waals surface area contributed by atoms with Gasteiger partial charge in [-0.3, -0.25) is 0 Å². The lowest BCUT2D eigenvalue weighted by Crippen LogP contribution is -2.44. The first kappa shape index (κ1) is 13.0. The maximum absolute atomic E-state index is 12.6. The van der Waals surface area contributed by atoms with Crippen LogP contribution in [0.25, 0.3) is 0 Å². The van der Waals surface area contributed by atoms with Gasteiger partial charge < -0.3 is 10.2 Å². The van der Waals surface area contributed by atoms with Gasteiger partial charge in [-0.15, -0.1) is 0 Å². The summed E-state index contributed by atoms with van der Waals surface area (Å²) in [6.45, 7) is 1.34. The molecule has 116 valence electrons. The molecular formula is C18H18N4O. The number of hydrogen-bond acceptors (Lipinski definition) is 3. The number of carbonyl (C=O) groups excluding carboxylic acids is 1.